The molecule has 2 atom stereocenters. The van der Waals surface area contributed by atoms with Crippen LogP contribution in [0.1, 0.15) is 34.0 Å². The summed E-state index contributed by atoms with van der Waals surface area (Å²) in [7, 11) is 0. The lowest BCUT2D eigenvalue weighted by atomic mass is 9.96. The lowest BCUT2D eigenvalue weighted by Crippen LogP contribution is -2.36. The van der Waals surface area contributed by atoms with Gasteiger partial charge in [0.1, 0.15) is 17.7 Å². The fourth-order valence-corrected chi connectivity index (χ4v) is 4.02. The van der Waals surface area contributed by atoms with E-state index in [1.165, 1.54) is 12.1 Å². The molecule has 0 fully saturated rings. The lowest BCUT2D eigenvalue weighted by Gasteiger charge is -2.27. The van der Waals surface area contributed by atoms with Crippen LogP contribution in [0.5, 0.6) is 5.75 Å². The third-order valence-corrected chi connectivity index (χ3v) is 6.14. The molecular formula is C27H24ClF4NO6. The van der Waals surface area contributed by atoms with Gasteiger partial charge in [0.05, 0.1) is 16.7 Å². The largest absolute Gasteiger partial charge is 0.490 e. The number of carbonyl (C=O) groups is 2. The van der Waals surface area contributed by atoms with E-state index in [1.807, 2.05) is 12.1 Å². The summed E-state index contributed by atoms with van der Waals surface area (Å²) in [5.41, 5.74) is 3.48. The van der Waals surface area contributed by atoms with Crippen molar-refractivity contribution in [2.45, 2.75) is 31.2 Å². The fraction of sp³-hybridized carbons (Fsp3) is 0.259. The number of aliphatic hydroxyl groups excluding tert-OH is 1. The van der Waals surface area contributed by atoms with E-state index in [2.05, 4.69) is 11.4 Å². The third-order valence-electron chi connectivity index (χ3n) is 5.85. The van der Waals surface area contributed by atoms with Crippen molar-refractivity contribution in [3.63, 3.8) is 0 Å². The number of aromatic carboxylic acids is 1. The molecule has 1 aliphatic rings. The molecule has 4 N–H and O–H groups in total. The first-order chi connectivity index (χ1) is 18.4. The first kappa shape index (κ1) is 29.9. The molecule has 0 unspecified atom stereocenters. The standard InChI is InChI=1S/C25H23ClFNO4.C2HF3O2/c26-21-3-1-2-20(24(21)27)22(29)14-28-13-19-10-8-18-12-17(9-11-23(18)32-19)15-4-6-16(7-5-15)25(30)31;3-2(4,5)1(6)7/h1-7,9,11-12,19,22,28-29H,8,10,13-14H2,(H,30,31);(H,6,7)/t19-,22-;/m1./s1. The number of nitrogens with one attached hydrogen (secondary N) is 1. The molecule has 4 rings (SSSR count). The maximum Gasteiger partial charge on any atom is 0.490 e. The van der Waals surface area contributed by atoms with Gasteiger partial charge < -0.3 is 25.4 Å². The van der Waals surface area contributed by atoms with E-state index in [1.54, 1.807) is 30.3 Å². The molecule has 1 aliphatic heterocycles. The summed E-state index contributed by atoms with van der Waals surface area (Å²) in [6.45, 7) is 0.715. The summed E-state index contributed by atoms with van der Waals surface area (Å²) >= 11 is 5.78. The smallest absolute Gasteiger partial charge is 0.489 e. The van der Waals surface area contributed by atoms with E-state index >= 15 is 0 Å². The molecule has 0 aromatic heterocycles. The van der Waals surface area contributed by atoms with Gasteiger partial charge in [-0.2, -0.15) is 13.2 Å². The van der Waals surface area contributed by atoms with Gasteiger partial charge in [-0.05, 0) is 59.9 Å². The van der Waals surface area contributed by atoms with Gasteiger partial charge >= 0.3 is 18.1 Å². The SMILES string of the molecule is O=C(O)C(F)(F)F.O=C(O)c1ccc(-c2ccc3c(c2)CC[C@H](CNC[C@@H](O)c2cccc(Cl)c2F)O3)cc1. The normalized spacial score (nSPS) is 15.3. The molecule has 3 aromatic rings. The van der Waals surface area contributed by atoms with Gasteiger partial charge in [0.25, 0.3) is 0 Å². The van der Waals surface area contributed by atoms with Gasteiger partial charge in [0.2, 0.25) is 0 Å². The van der Waals surface area contributed by atoms with Crippen molar-refractivity contribution in [3.8, 4) is 16.9 Å². The average molecular weight is 570 g/mol. The number of halogens is 5. The Morgan fingerprint density at radius 1 is 1.05 bits per heavy atom. The molecular weight excluding hydrogens is 546 g/mol. The van der Waals surface area contributed by atoms with Crippen molar-refractivity contribution >= 4 is 23.5 Å². The van der Waals surface area contributed by atoms with E-state index in [4.69, 9.17) is 31.3 Å². The Morgan fingerprint density at radius 3 is 2.31 bits per heavy atom. The average Bonchev–Trinajstić information content (AvgIpc) is 2.89. The van der Waals surface area contributed by atoms with Crippen LogP contribution in [0.15, 0.2) is 60.7 Å². The minimum atomic E-state index is -5.08. The highest BCUT2D eigenvalue weighted by molar-refractivity contribution is 6.30. The maximum absolute atomic E-state index is 14.0. The van der Waals surface area contributed by atoms with Crippen LogP contribution in [0.2, 0.25) is 5.02 Å². The number of rotatable bonds is 7. The quantitative estimate of drug-likeness (QED) is 0.278. The number of alkyl halides is 3. The molecule has 0 saturated heterocycles. The number of carboxylic acids is 2. The van der Waals surface area contributed by atoms with E-state index in [9.17, 15) is 27.5 Å². The zero-order valence-electron chi connectivity index (χ0n) is 20.2. The number of hydrogen-bond acceptors (Lipinski definition) is 5. The van der Waals surface area contributed by atoms with Gasteiger partial charge in [-0.25, -0.2) is 14.0 Å². The van der Waals surface area contributed by atoms with Crippen LogP contribution in [0, 0.1) is 5.82 Å². The highest BCUT2D eigenvalue weighted by atomic mass is 35.5. The minimum absolute atomic E-state index is 0.00836. The van der Waals surface area contributed by atoms with Crippen LogP contribution >= 0.6 is 11.6 Å². The predicted molar refractivity (Wildman–Crippen MR) is 135 cm³/mol. The van der Waals surface area contributed by atoms with Crippen LogP contribution in [0.4, 0.5) is 17.6 Å². The van der Waals surface area contributed by atoms with Gasteiger partial charge in [-0.15, -0.1) is 0 Å². The van der Waals surface area contributed by atoms with Gasteiger partial charge in [-0.3, -0.25) is 0 Å². The van der Waals surface area contributed by atoms with Crippen LogP contribution < -0.4 is 10.1 Å². The van der Waals surface area contributed by atoms with Gasteiger partial charge in [0, 0.05) is 18.7 Å². The molecule has 3 aromatic carbocycles. The maximum atomic E-state index is 14.0. The number of aryl methyl sites for hydroxylation is 1. The summed E-state index contributed by atoms with van der Waals surface area (Å²) < 4.78 is 51.9. The van der Waals surface area contributed by atoms with Crippen molar-refractivity contribution in [2.75, 3.05) is 13.1 Å². The zero-order valence-corrected chi connectivity index (χ0v) is 21.0. The van der Waals surface area contributed by atoms with E-state index in [0.717, 1.165) is 35.3 Å². The molecule has 7 nitrogen and oxygen atoms in total. The van der Waals surface area contributed by atoms with E-state index < -0.39 is 30.0 Å². The van der Waals surface area contributed by atoms with E-state index in [-0.39, 0.29) is 28.8 Å². The summed E-state index contributed by atoms with van der Waals surface area (Å²) in [6.07, 6.45) is -4.49. The topological polar surface area (TPSA) is 116 Å². The Balaban J connectivity index is 0.000000532. The Kier molecular flexibility index (Phi) is 9.90. The molecule has 0 saturated carbocycles. The Hall–Kier alpha value is -3.67. The number of fused-ring (bicyclic) bond motifs is 1. The molecule has 0 aliphatic carbocycles. The number of aliphatic carboxylic acids is 1. The number of ether oxygens (including phenoxy) is 1. The zero-order chi connectivity index (χ0) is 28.7. The summed E-state index contributed by atoms with van der Waals surface area (Å²) in [6, 6.07) is 17.3. The third kappa shape index (κ3) is 8.16. The Labute approximate surface area is 225 Å². The number of carboxylic acid groups (broad SMARTS) is 2. The highest BCUT2D eigenvalue weighted by Gasteiger charge is 2.38. The molecule has 208 valence electrons. The van der Waals surface area contributed by atoms with Gasteiger partial charge in [0.15, 0.2) is 0 Å². The second-order valence-corrected chi connectivity index (χ2v) is 9.01. The minimum Gasteiger partial charge on any atom is -0.489 e. The van der Waals surface area contributed by atoms with Crippen molar-refractivity contribution in [1.82, 2.24) is 5.32 Å². The summed E-state index contributed by atoms with van der Waals surface area (Å²) in [5, 5.41) is 29.6. The lowest BCUT2D eigenvalue weighted by molar-refractivity contribution is -0.192. The van der Waals surface area contributed by atoms with Crippen molar-refractivity contribution in [3.05, 3.63) is 88.2 Å². The highest BCUT2D eigenvalue weighted by Crippen LogP contribution is 2.32. The molecule has 39 heavy (non-hydrogen) atoms. The predicted octanol–water partition coefficient (Wildman–Crippen LogP) is 5.49. The van der Waals surface area contributed by atoms with Gasteiger partial charge in [-0.1, -0.05) is 41.9 Å². The Bertz CT molecular complexity index is 1320. The second kappa shape index (κ2) is 12.9. The van der Waals surface area contributed by atoms with Crippen LogP contribution in [0.25, 0.3) is 11.1 Å². The molecule has 0 amide bonds. The molecule has 1 heterocycles. The van der Waals surface area contributed by atoms with Crippen molar-refractivity contribution in [2.24, 2.45) is 0 Å². The molecule has 12 heteroatoms. The van der Waals surface area contributed by atoms with Crippen molar-refractivity contribution < 1.29 is 47.2 Å². The van der Waals surface area contributed by atoms with Crippen LogP contribution in [-0.4, -0.2) is 52.6 Å². The molecule has 0 spiro atoms. The first-order valence-electron chi connectivity index (χ1n) is 11.6. The van der Waals surface area contributed by atoms with E-state index in [0.29, 0.717) is 6.54 Å². The van der Waals surface area contributed by atoms with Crippen LogP contribution in [0.3, 0.4) is 0 Å². The van der Waals surface area contributed by atoms with Crippen molar-refractivity contribution in [1.29, 1.82) is 0 Å². The number of benzene rings is 3. The van der Waals surface area contributed by atoms with Crippen LogP contribution in [-0.2, 0) is 11.2 Å². The number of hydrogen-bond donors (Lipinski definition) is 4. The Morgan fingerprint density at radius 2 is 1.69 bits per heavy atom. The number of aliphatic hydroxyl groups is 1. The fourth-order valence-electron chi connectivity index (χ4n) is 3.84. The first-order valence-corrected chi connectivity index (χ1v) is 12.0. The summed E-state index contributed by atoms with van der Waals surface area (Å²) in [5.74, 6) is -3.48. The monoisotopic (exact) mass is 569 g/mol. The molecule has 0 bridgehead atoms. The summed E-state index contributed by atoms with van der Waals surface area (Å²) in [4.78, 5) is 19.9. The second-order valence-electron chi connectivity index (χ2n) is 8.60. The molecule has 0 radical (unpaired) electrons.